The molecule has 0 rings (SSSR count). The van der Waals surface area contributed by atoms with E-state index in [1.807, 2.05) is 27.7 Å². The van der Waals surface area contributed by atoms with Crippen LogP contribution >= 0.6 is 0 Å². The highest BCUT2D eigenvalue weighted by atomic mass is 16.6. The van der Waals surface area contributed by atoms with Crippen molar-refractivity contribution in [3.63, 3.8) is 0 Å². The summed E-state index contributed by atoms with van der Waals surface area (Å²) in [5.41, 5.74) is -0.484. The minimum absolute atomic E-state index is 0.0545. The number of terminal acetylenes is 1. The molecule has 0 saturated carbocycles. The molecule has 0 aliphatic carbocycles. The maximum atomic E-state index is 12.0. The Bertz CT molecular complexity index is 296. The first kappa shape index (κ1) is 15.6. The lowest BCUT2D eigenvalue weighted by Gasteiger charge is -2.30. The van der Waals surface area contributed by atoms with Gasteiger partial charge in [0, 0.05) is 19.0 Å². The molecule has 0 radical (unpaired) electrons. The average molecular weight is 237 g/mol. The van der Waals surface area contributed by atoms with Gasteiger partial charge in [-0.15, -0.1) is 18.9 Å². The van der Waals surface area contributed by atoms with Crippen molar-refractivity contribution in [2.45, 2.75) is 52.2 Å². The molecule has 3 nitrogen and oxygen atoms in total. The SMILES string of the molecule is C#CCCC(C)N(CC=C)C(=O)OC(C)(C)C. The molecular formula is C14H23NO2. The van der Waals surface area contributed by atoms with Crippen LogP contribution < -0.4 is 0 Å². The number of rotatable bonds is 5. The van der Waals surface area contributed by atoms with Crippen LogP contribution in [0.5, 0.6) is 0 Å². The summed E-state index contributed by atoms with van der Waals surface area (Å²) < 4.78 is 5.34. The third-order valence-electron chi connectivity index (χ3n) is 2.19. The van der Waals surface area contributed by atoms with Gasteiger partial charge < -0.3 is 9.64 Å². The summed E-state index contributed by atoms with van der Waals surface area (Å²) in [6.45, 7) is 11.6. The standard InChI is InChI=1S/C14H23NO2/c1-7-9-10-12(3)15(11-8-2)13(16)17-14(4,5)6/h1,8,12H,2,9-11H2,3-6H3. The quantitative estimate of drug-likeness (QED) is 0.543. The van der Waals surface area contributed by atoms with E-state index in [1.165, 1.54) is 0 Å². The van der Waals surface area contributed by atoms with E-state index < -0.39 is 5.60 Å². The van der Waals surface area contributed by atoms with Gasteiger partial charge in [0.2, 0.25) is 0 Å². The zero-order valence-electron chi connectivity index (χ0n) is 11.3. The average Bonchev–Trinajstić information content (AvgIpc) is 2.19. The number of carbonyl (C=O) groups excluding carboxylic acids is 1. The Hall–Kier alpha value is -1.43. The molecule has 17 heavy (non-hydrogen) atoms. The third-order valence-corrected chi connectivity index (χ3v) is 2.19. The van der Waals surface area contributed by atoms with Crippen LogP contribution in [0.4, 0.5) is 4.79 Å². The summed E-state index contributed by atoms with van der Waals surface area (Å²) in [4.78, 5) is 13.6. The van der Waals surface area contributed by atoms with Crippen LogP contribution in [-0.4, -0.2) is 29.2 Å². The molecule has 0 heterocycles. The molecule has 3 heteroatoms. The van der Waals surface area contributed by atoms with Crippen molar-refractivity contribution < 1.29 is 9.53 Å². The van der Waals surface area contributed by atoms with Crippen LogP contribution in [0.1, 0.15) is 40.5 Å². The number of hydrogen-bond donors (Lipinski definition) is 0. The fourth-order valence-electron chi connectivity index (χ4n) is 1.34. The number of amides is 1. The molecule has 0 N–H and O–H groups in total. The second-order valence-electron chi connectivity index (χ2n) is 5.01. The molecule has 1 atom stereocenters. The van der Waals surface area contributed by atoms with Crippen LogP contribution in [0.3, 0.4) is 0 Å². The van der Waals surface area contributed by atoms with Gasteiger partial charge in [-0.2, -0.15) is 0 Å². The Morgan fingerprint density at radius 3 is 2.59 bits per heavy atom. The van der Waals surface area contributed by atoms with Crippen LogP contribution in [0.15, 0.2) is 12.7 Å². The van der Waals surface area contributed by atoms with Gasteiger partial charge in [-0.1, -0.05) is 6.08 Å². The molecule has 0 fully saturated rings. The fraction of sp³-hybridized carbons (Fsp3) is 0.643. The first-order chi connectivity index (χ1) is 7.81. The van der Waals surface area contributed by atoms with Gasteiger partial charge in [-0.05, 0) is 34.1 Å². The normalized spacial score (nSPS) is 12.4. The van der Waals surface area contributed by atoms with Gasteiger partial charge in [-0.25, -0.2) is 4.79 Å². The first-order valence-electron chi connectivity index (χ1n) is 5.85. The van der Waals surface area contributed by atoms with E-state index in [2.05, 4.69) is 12.5 Å². The van der Waals surface area contributed by atoms with E-state index in [-0.39, 0.29) is 12.1 Å². The van der Waals surface area contributed by atoms with Gasteiger partial charge in [0.1, 0.15) is 5.60 Å². The molecular weight excluding hydrogens is 214 g/mol. The topological polar surface area (TPSA) is 29.5 Å². The van der Waals surface area contributed by atoms with Gasteiger partial charge in [0.15, 0.2) is 0 Å². The molecule has 0 aromatic carbocycles. The van der Waals surface area contributed by atoms with Gasteiger partial charge >= 0.3 is 6.09 Å². The first-order valence-corrected chi connectivity index (χ1v) is 5.85. The van der Waals surface area contributed by atoms with E-state index in [0.29, 0.717) is 13.0 Å². The Balaban J connectivity index is 4.55. The van der Waals surface area contributed by atoms with Crippen LogP contribution in [0.2, 0.25) is 0 Å². The van der Waals surface area contributed by atoms with Crippen molar-refractivity contribution in [2.75, 3.05) is 6.54 Å². The molecule has 0 aromatic heterocycles. The van der Waals surface area contributed by atoms with Crippen molar-refractivity contribution in [1.29, 1.82) is 0 Å². The number of hydrogen-bond acceptors (Lipinski definition) is 2. The van der Waals surface area contributed by atoms with Crippen molar-refractivity contribution in [2.24, 2.45) is 0 Å². The molecule has 96 valence electrons. The molecule has 0 saturated heterocycles. The molecule has 0 aliphatic heterocycles. The minimum Gasteiger partial charge on any atom is -0.444 e. The zero-order valence-corrected chi connectivity index (χ0v) is 11.3. The lowest BCUT2D eigenvalue weighted by atomic mass is 10.1. The summed E-state index contributed by atoms with van der Waals surface area (Å²) >= 11 is 0. The summed E-state index contributed by atoms with van der Waals surface area (Å²) in [7, 11) is 0. The maximum absolute atomic E-state index is 12.0. The highest BCUT2D eigenvalue weighted by Gasteiger charge is 2.24. The van der Waals surface area contributed by atoms with E-state index in [1.54, 1.807) is 11.0 Å². The van der Waals surface area contributed by atoms with Crippen LogP contribution in [0, 0.1) is 12.3 Å². The molecule has 0 aliphatic rings. The molecule has 0 bridgehead atoms. The fourth-order valence-corrected chi connectivity index (χ4v) is 1.34. The maximum Gasteiger partial charge on any atom is 0.410 e. The molecule has 0 aromatic rings. The summed E-state index contributed by atoms with van der Waals surface area (Å²) in [6, 6.07) is 0.0545. The highest BCUT2D eigenvalue weighted by molar-refractivity contribution is 5.68. The van der Waals surface area contributed by atoms with Gasteiger partial charge in [0.25, 0.3) is 0 Å². The van der Waals surface area contributed by atoms with E-state index >= 15 is 0 Å². The van der Waals surface area contributed by atoms with Crippen molar-refractivity contribution in [1.82, 2.24) is 4.90 Å². The third kappa shape index (κ3) is 6.68. The molecule has 0 spiro atoms. The molecule has 1 amide bonds. The monoisotopic (exact) mass is 237 g/mol. The van der Waals surface area contributed by atoms with Crippen LogP contribution in [-0.2, 0) is 4.74 Å². The minimum atomic E-state index is -0.484. The predicted molar refractivity (Wildman–Crippen MR) is 70.7 cm³/mol. The van der Waals surface area contributed by atoms with E-state index in [0.717, 1.165) is 6.42 Å². The highest BCUT2D eigenvalue weighted by Crippen LogP contribution is 2.14. The summed E-state index contributed by atoms with van der Waals surface area (Å²) in [5.74, 6) is 2.58. The summed E-state index contributed by atoms with van der Waals surface area (Å²) in [5, 5.41) is 0. The second kappa shape index (κ2) is 7.01. The van der Waals surface area contributed by atoms with Crippen LogP contribution in [0.25, 0.3) is 0 Å². The Kier molecular flexibility index (Phi) is 6.42. The van der Waals surface area contributed by atoms with E-state index in [9.17, 15) is 4.79 Å². The van der Waals surface area contributed by atoms with Crippen molar-refractivity contribution >= 4 is 6.09 Å². The smallest absolute Gasteiger partial charge is 0.410 e. The Morgan fingerprint density at radius 2 is 2.18 bits per heavy atom. The van der Waals surface area contributed by atoms with Gasteiger partial charge in [0.05, 0.1) is 0 Å². The van der Waals surface area contributed by atoms with E-state index in [4.69, 9.17) is 11.2 Å². The van der Waals surface area contributed by atoms with Gasteiger partial charge in [-0.3, -0.25) is 0 Å². The Labute approximate surface area is 105 Å². The number of carbonyl (C=O) groups is 1. The lowest BCUT2D eigenvalue weighted by molar-refractivity contribution is 0.0197. The largest absolute Gasteiger partial charge is 0.444 e. The number of ether oxygens (including phenoxy) is 1. The molecule has 1 unspecified atom stereocenters. The lowest BCUT2D eigenvalue weighted by Crippen LogP contribution is -2.42. The van der Waals surface area contributed by atoms with Crippen molar-refractivity contribution in [3.05, 3.63) is 12.7 Å². The predicted octanol–water partition coefficient (Wildman–Crippen LogP) is 3.21. The second-order valence-corrected chi connectivity index (χ2v) is 5.01. The number of nitrogens with zero attached hydrogens (tertiary/aromatic N) is 1. The summed E-state index contributed by atoms with van der Waals surface area (Å²) in [6.07, 6.45) is 8.01. The van der Waals surface area contributed by atoms with Crippen molar-refractivity contribution in [3.8, 4) is 12.3 Å². The Morgan fingerprint density at radius 1 is 1.59 bits per heavy atom. The zero-order chi connectivity index (χ0) is 13.5.